The summed E-state index contributed by atoms with van der Waals surface area (Å²) in [6.07, 6.45) is 7.00. The molecular weight excluding hydrogens is 254 g/mol. The van der Waals surface area contributed by atoms with E-state index in [4.69, 9.17) is 5.73 Å². The minimum atomic E-state index is -0.391. The van der Waals surface area contributed by atoms with Crippen LogP contribution in [0, 0.1) is 17.8 Å². The molecule has 20 heavy (non-hydrogen) atoms. The first kappa shape index (κ1) is 13.7. The normalized spacial score (nSPS) is 33.9. The first-order valence-corrected chi connectivity index (χ1v) is 7.98. The Hall–Kier alpha value is -1.26. The SMILES string of the molecule is NC(=O)N1CCC[C@H](C(=O)N2C[C@H]3CCCC[C@H]3C2)C1. The number of urea groups is 1. The van der Waals surface area contributed by atoms with Crippen molar-refractivity contribution in [3.8, 4) is 0 Å². The standard InChI is InChI=1S/C15H25N3O2/c16-15(20)17-7-3-6-13(10-17)14(19)18-8-11-4-1-2-5-12(11)9-18/h11-13H,1-10H2,(H2,16,20)/t11-,12+,13-/m0/s1. The fraction of sp³-hybridized carbons (Fsp3) is 0.867. The molecule has 3 rings (SSSR count). The topological polar surface area (TPSA) is 66.6 Å². The molecular formula is C15H25N3O2. The number of fused-ring (bicyclic) bond motifs is 1. The summed E-state index contributed by atoms with van der Waals surface area (Å²) < 4.78 is 0. The Bertz CT molecular complexity index is 385. The van der Waals surface area contributed by atoms with Crippen LogP contribution < -0.4 is 5.73 Å². The molecule has 0 aromatic carbocycles. The largest absolute Gasteiger partial charge is 0.351 e. The van der Waals surface area contributed by atoms with E-state index in [2.05, 4.69) is 4.90 Å². The van der Waals surface area contributed by atoms with Gasteiger partial charge in [0, 0.05) is 26.2 Å². The number of likely N-dealkylation sites (tertiary alicyclic amines) is 2. The maximum absolute atomic E-state index is 12.7. The Morgan fingerprint density at radius 1 is 0.850 bits per heavy atom. The summed E-state index contributed by atoms with van der Waals surface area (Å²) in [4.78, 5) is 27.6. The Morgan fingerprint density at radius 2 is 1.50 bits per heavy atom. The maximum atomic E-state index is 12.7. The second-order valence-electron chi connectivity index (χ2n) is 6.67. The number of rotatable bonds is 1. The van der Waals surface area contributed by atoms with Crippen LogP contribution in [-0.2, 0) is 4.79 Å². The van der Waals surface area contributed by atoms with Gasteiger partial charge in [0.1, 0.15) is 0 Å². The van der Waals surface area contributed by atoms with Gasteiger partial charge >= 0.3 is 6.03 Å². The van der Waals surface area contributed by atoms with Gasteiger partial charge in [-0.25, -0.2) is 4.79 Å². The summed E-state index contributed by atoms with van der Waals surface area (Å²) in [5.41, 5.74) is 5.34. The molecule has 0 radical (unpaired) electrons. The van der Waals surface area contributed by atoms with Crippen molar-refractivity contribution in [2.75, 3.05) is 26.2 Å². The molecule has 2 saturated heterocycles. The monoisotopic (exact) mass is 279 g/mol. The van der Waals surface area contributed by atoms with Crippen LogP contribution in [0.25, 0.3) is 0 Å². The molecule has 5 heteroatoms. The lowest BCUT2D eigenvalue weighted by Gasteiger charge is -2.33. The lowest BCUT2D eigenvalue weighted by molar-refractivity contribution is -0.136. The summed E-state index contributed by atoms with van der Waals surface area (Å²) >= 11 is 0. The molecule has 3 atom stereocenters. The van der Waals surface area contributed by atoms with Crippen LogP contribution in [0.15, 0.2) is 0 Å². The van der Waals surface area contributed by atoms with Crippen LogP contribution in [0.3, 0.4) is 0 Å². The lowest BCUT2D eigenvalue weighted by Crippen LogP contribution is -2.48. The van der Waals surface area contributed by atoms with Gasteiger partial charge in [0.2, 0.25) is 5.91 Å². The van der Waals surface area contributed by atoms with E-state index >= 15 is 0 Å². The number of nitrogens with two attached hydrogens (primary N) is 1. The average Bonchev–Trinajstić information content (AvgIpc) is 2.90. The van der Waals surface area contributed by atoms with Crippen molar-refractivity contribution >= 4 is 11.9 Å². The first-order valence-electron chi connectivity index (χ1n) is 7.98. The molecule has 112 valence electrons. The molecule has 1 saturated carbocycles. The van der Waals surface area contributed by atoms with Gasteiger partial charge in [0.25, 0.3) is 0 Å². The molecule has 2 N–H and O–H groups in total. The summed E-state index contributed by atoms with van der Waals surface area (Å²) in [6.45, 7) is 3.09. The summed E-state index contributed by atoms with van der Waals surface area (Å²) in [7, 11) is 0. The predicted molar refractivity (Wildman–Crippen MR) is 75.9 cm³/mol. The number of primary amides is 1. The molecule has 2 aliphatic heterocycles. The van der Waals surface area contributed by atoms with Gasteiger partial charge in [0.05, 0.1) is 5.92 Å². The zero-order valence-corrected chi connectivity index (χ0v) is 12.1. The van der Waals surface area contributed by atoms with E-state index in [0.29, 0.717) is 13.1 Å². The number of carbonyl (C=O) groups is 2. The number of hydrogen-bond donors (Lipinski definition) is 1. The van der Waals surface area contributed by atoms with E-state index in [0.717, 1.165) is 37.8 Å². The fourth-order valence-electron chi connectivity index (χ4n) is 4.22. The van der Waals surface area contributed by atoms with Gasteiger partial charge in [-0.05, 0) is 37.5 Å². The van der Waals surface area contributed by atoms with E-state index in [9.17, 15) is 9.59 Å². The molecule has 0 bridgehead atoms. The highest BCUT2D eigenvalue weighted by Gasteiger charge is 2.39. The van der Waals surface area contributed by atoms with Gasteiger partial charge in [-0.2, -0.15) is 0 Å². The van der Waals surface area contributed by atoms with Crippen LogP contribution in [0.2, 0.25) is 0 Å². The molecule has 3 fully saturated rings. The highest BCUT2D eigenvalue weighted by molar-refractivity contribution is 5.81. The van der Waals surface area contributed by atoms with Crippen molar-refractivity contribution < 1.29 is 9.59 Å². The van der Waals surface area contributed by atoms with Crippen LogP contribution >= 0.6 is 0 Å². The number of piperidine rings is 1. The third-order valence-corrected chi connectivity index (χ3v) is 5.37. The lowest BCUT2D eigenvalue weighted by atomic mass is 9.82. The second-order valence-corrected chi connectivity index (χ2v) is 6.67. The zero-order chi connectivity index (χ0) is 14.1. The molecule has 2 heterocycles. The molecule has 3 aliphatic rings. The van der Waals surface area contributed by atoms with Crippen LogP contribution in [-0.4, -0.2) is 47.9 Å². The summed E-state index contributed by atoms with van der Waals surface area (Å²) in [5.74, 6) is 1.67. The fourth-order valence-corrected chi connectivity index (χ4v) is 4.22. The van der Waals surface area contributed by atoms with Crippen molar-refractivity contribution in [3.05, 3.63) is 0 Å². The zero-order valence-electron chi connectivity index (χ0n) is 12.1. The number of hydrogen-bond acceptors (Lipinski definition) is 2. The third-order valence-electron chi connectivity index (χ3n) is 5.37. The van der Waals surface area contributed by atoms with E-state index < -0.39 is 6.03 Å². The summed E-state index contributed by atoms with van der Waals surface area (Å²) in [5, 5.41) is 0. The first-order chi connectivity index (χ1) is 9.65. The van der Waals surface area contributed by atoms with Crippen molar-refractivity contribution in [1.29, 1.82) is 0 Å². The molecule has 3 amide bonds. The molecule has 0 unspecified atom stereocenters. The van der Waals surface area contributed by atoms with Crippen LogP contribution in [0.5, 0.6) is 0 Å². The number of nitrogens with zero attached hydrogens (tertiary/aromatic N) is 2. The number of amides is 3. The van der Waals surface area contributed by atoms with Crippen LogP contribution in [0.4, 0.5) is 4.79 Å². The Labute approximate surface area is 120 Å². The van der Waals surface area contributed by atoms with Gasteiger partial charge in [-0.1, -0.05) is 12.8 Å². The molecule has 0 aromatic rings. The van der Waals surface area contributed by atoms with Crippen molar-refractivity contribution in [3.63, 3.8) is 0 Å². The molecule has 5 nitrogen and oxygen atoms in total. The van der Waals surface area contributed by atoms with Gasteiger partial charge in [-0.15, -0.1) is 0 Å². The quantitative estimate of drug-likeness (QED) is 0.789. The van der Waals surface area contributed by atoms with Gasteiger partial charge in [-0.3, -0.25) is 4.79 Å². The third kappa shape index (κ3) is 2.63. The maximum Gasteiger partial charge on any atom is 0.314 e. The van der Waals surface area contributed by atoms with E-state index in [-0.39, 0.29) is 11.8 Å². The Morgan fingerprint density at radius 3 is 2.10 bits per heavy atom. The Balaban J connectivity index is 1.60. The van der Waals surface area contributed by atoms with E-state index in [1.165, 1.54) is 25.7 Å². The predicted octanol–water partition coefficient (Wildman–Crippen LogP) is 1.43. The van der Waals surface area contributed by atoms with E-state index in [1.807, 2.05) is 0 Å². The van der Waals surface area contributed by atoms with Crippen molar-refractivity contribution in [2.24, 2.45) is 23.5 Å². The highest BCUT2D eigenvalue weighted by Crippen LogP contribution is 2.37. The summed E-state index contributed by atoms with van der Waals surface area (Å²) in [6, 6.07) is -0.391. The van der Waals surface area contributed by atoms with Gasteiger partial charge in [0.15, 0.2) is 0 Å². The molecule has 0 aromatic heterocycles. The molecule has 0 spiro atoms. The minimum absolute atomic E-state index is 0.0311. The highest BCUT2D eigenvalue weighted by atomic mass is 16.2. The van der Waals surface area contributed by atoms with Crippen molar-refractivity contribution in [2.45, 2.75) is 38.5 Å². The van der Waals surface area contributed by atoms with E-state index in [1.54, 1.807) is 4.90 Å². The smallest absolute Gasteiger partial charge is 0.314 e. The number of carbonyl (C=O) groups excluding carboxylic acids is 2. The minimum Gasteiger partial charge on any atom is -0.351 e. The average molecular weight is 279 g/mol. The molecule has 1 aliphatic carbocycles. The van der Waals surface area contributed by atoms with Crippen molar-refractivity contribution in [1.82, 2.24) is 9.80 Å². The van der Waals surface area contributed by atoms with Gasteiger partial charge < -0.3 is 15.5 Å². The Kier molecular flexibility index (Phi) is 3.85. The second kappa shape index (κ2) is 5.62. The van der Waals surface area contributed by atoms with Crippen LogP contribution in [0.1, 0.15) is 38.5 Å².